The van der Waals surface area contributed by atoms with Crippen LogP contribution in [0.2, 0.25) is 0 Å². The first-order valence-corrected chi connectivity index (χ1v) is 10.5. The molecular formula is C22H29N5O. The monoisotopic (exact) mass is 379 g/mol. The molecule has 2 aliphatic rings. The molecule has 1 aromatic heterocycles. The van der Waals surface area contributed by atoms with E-state index in [0.29, 0.717) is 6.42 Å². The van der Waals surface area contributed by atoms with Gasteiger partial charge in [0.05, 0.1) is 11.9 Å². The first-order valence-electron chi connectivity index (χ1n) is 10.5. The topological polar surface area (TPSA) is 70.2 Å². The summed E-state index contributed by atoms with van der Waals surface area (Å²) in [6.45, 7) is 2.17. The molecule has 0 spiro atoms. The molecule has 2 fully saturated rings. The van der Waals surface area contributed by atoms with Crippen molar-refractivity contribution in [2.75, 3.05) is 28.6 Å². The van der Waals surface area contributed by atoms with Gasteiger partial charge in [0, 0.05) is 37.0 Å². The van der Waals surface area contributed by atoms with Crippen LogP contribution in [0.3, 0.4) is 0 Å². The molecule has 148 valence electrons. The van der Waals surface area contributed by atoms with E-state index in [1.807, 2.05) is 36.5 Å². The van der Waals surface area contributed by atoms with Crippen LogP contribution < -0.4 is 15.5 Å². The molecule has 1 amide bonds. The van der Waals surface area contributed by atoms with E-state index in [0.717, 1.165) is 48.3 Å². The largest absolute Gasteiger partial charge is 0.370 e. The van der Waals surface area contributed by atoms with Gasteiger partial charge < -0.3 is 15.5 Å². The maximum atomic E-state index is 12.2. The van der Waals surface area contributed by atoms with Gasteiger partial charge in [-0.3, -0.25) is 4.79 Å². The Labute approximate surface area is 166 Å². The molecule has 28 heavy (non-hydrogen) atoms. The van der Waals surface area contributed by atoms with Crippen molar-refractivity contribution in [2.45, 2.75) is 51.4 Å². The van der Waals surface area contributed by atoms with Crippen molar-refractivity contribution in [1.29, 1.82) is 0 Å². The van der Waals surface area contributed by atoms with Crippen molar-refractivity contribution >= 4 is 28.8 Å². The summed E-state index contributed by atoms with van der Waals surface area (Å²) in [7, 11) is 0. The Kier molecular flexibility index (Phi) is 6.04. The standard InChI is InChI=1S/C22H29N5O/c28-22(12-7-17-5-1-2-6-17)25-19-10-8-18(9-11-19)24-21-15-20(16-23-26-21)27-13-3-4-14-27/h8-11,15-17H,1-7,12-14H2,(H,24,26)(H,25,28). The van der Waals surface area contributed by atoms with Crippen LogP contribution in [0.25, 0.3) is 0 Å². The lowest BCUT2D eigenvalue weighted by atomic mass is 10.0. The zero-order valence-corrected chi connectivity index (χ0v) is 16.4. The predicted octanol–water partition coefficient (Wildman–Crippen LogP) is 4.73. The number of aromatic nitrogens is 2. The molecule has 0 bridgehead atoms. The van der Waals surface area contributed by atoms with E-state index in [4.69, 9.17) is 0 Å². The van der Waals surface area contributed by atoms with Crippen LogP contribution in [0, 0.1) is 5.92 Å². The second-order valence-electron chi connectivity index (χ2n) is 7.93. The van der Waals surface area contributed by atoms with Crippen LogP contribution in [0.15, 0.2) is 36.5 Å². The van der Waals surface area contributed by atoms with Crippen LogP contribution in [-0.2, 0) is 4.79 Å². The van der Waals surface area contributed by atoms with Crippen molar-refractivity contribution < 1.29 is 4.79 Å². The molecule has 2 N–H and O–H groups in total. The fourth-order valence-electron chi connectivity index (χ4n) is 4.21. The summed E-state index contributed by atoms with van der Waals surface area (Å²) in [5, 5.41) is 14.6. The van der Waals surface area contributed by atoms with Crippen LogP contribution in [-0.4, -0.2) is 29.2 Å². The number of carbonyl (C=O) groups excluding carboxylic acids is 1. The Morgan fingerprint density at radius 1 is 1.04 bits per heavy atom. The summed E-state index contributed by atoms with van der Waals surface area (Å²) in [6.07, 6.45) is 11.1. The zero-order valence-electron chi connectivity index (χ0n) is 16.4. The van der Waals surface area contributed by atoms with Gasteiger partial charge in [-0.25, -0.2) is 0 Å². The number of nitrogens with one attached hydrogen (secondary N) is 2. The van der Waals surface area contributed by atoms with E-state index < -0.39 is 0 Å². The normalized spacial score (nSPS) is 17.1. The van der Waals surface area contributed by atoms with Gasteiger partial charge in [-0.15, -0.1) is 5.10 Å². The van der Waals surface area contributed by atoms with Crippen molar-refractivity contribution in [3.63, 3.8) is 0 Å². The summed E-state index contributed by atoms with van der Waals surface area (Å²) < 4.78 is 0. The summed E-state index contributed by atoms with van der Waals surface area (Å²) >= 11 is 0. The van der Waals surface area contributed by atoms with Crippen LogP contribution in [0.1, 0.15) is 51.4 Å². The molecule has 4 rings (SSSR count). The van der Waals surface area contributed by atoms with Crippen molar-refractivity contribution in [3.8, 4) is 0 Å². The SMILES string of the molecule is O=C(CCC1CCCC1)Nc1ccc(Nc2cc(N3CCCC3)cnn2)cc1. The maximum Gasteiger partial charge on any atom is 0.224 e. The Morgan fingerprint density at radius 2 is 1.75 bits per heavy atom. The highest BCUT2D eigenvalue weighted by molar-refractivity contribution is 5.90. The molecular weight excluding hydrogens is 350 g/mol. The maximum absolute atomic E-state index is 12.2. The minimum absolute atomic E-state index is 0.108. The third kappa shape index (κ3) is 5.00. The molecule has 0 atom stereocenters. The molecule has 6 nitrogen and oxygen atoms in total. The third-order valence-electron chi connectivity index (χ3n) is 5.81. The number of benzene rings is 1. The highest BCUT2D eigenvalue weighted by Crippen LogP contribution is 2.28. The average molecular weight is 380 g/mol. The second kappa shape index (κ2) is 9.04. The molecule has 0 unspecified atom stereocenters. The molecule has 2 aromatic rings. The van der Waals surface area contributed by atoms with Crippen molar-refractivity contribution in [1.82, 2.24) is 10.2 Å². The van der Waals surface area contributed by atoms with E-state index in [1.165, 1.54) is 38.5 Å². The fraction of sp³-hybridized carbons (Fsp3) is 0.500. The van der Waals surface area contributed by atoms with Gasteiger partial charge in [0.2, 0.25) is 5.91 Å². The van der Waals surface area contributed by atoms with Gasteiger partial charge in [-0.2, -0.15) is 5.10 Å². The Balaban J connectivity index is 1.29. The van der Waals surface area contributed by atoms with Crippen molar-refractivity contribution in [3.05, 3.63) is 36.5 Å². The number of carbonyl (C=O) groups is 1. The number of anilines is 4. The van der Waals surface area contributed by atoms with Crippen LogP contribution in [0.4, 0.5) is 22.9 Å². The molecule has 1 saturated heterocycles. The third-order valence-corrected chi connectivity index (χ3v) is 5.81. The molecule has 0 radical (unpaired) electrons. The van der Waals surface area contributed by atoms with Crippen LogP contribution >= 0.6 is 0 Å². The molecule has 2 heterocycles. The number of hydrogen-bond acceptors (Lipinski definition) is 5. The second-order valence-corrected chi connectivity index (χ2v) is 7.93. The van der Waals surface area contributed by atoms with E-state index in [-0.39, 0.29) is 5.91 Å². The number of nitrogens with zero attached hydrogens (tertiary/aromatic N) is 3. The minimum atomic E-state index is 0.108. The zero-order chi connectivity index (χ0) is 19.2. The predicted molar refractivity (Wildman–Crippen MR) is 113 cm³/mol. The highest BCUT2D eigenvalue weighted by atomic mass is 16.1. The van der Waals surface area contributed by atoms with E-state index >= 15 is 0 Å². The summed E-state index contributed by atoms with van der Waals surface area (Å²) in [6, 6.07) is 9.80. The first kappa shape index (κ1) is 18.7. The summed E-state index contributed by atoms with van der Waals surface area (Å²) in [4.78, 5) is 14.5. The van der Waals surface area contributed by atoms with Crippen LogP contribution in [0.5, 0.6) is 0 Å². The number of amides is 1. The lowest BCUT2D eigenvalue weighted by Crippen LogP contribution is -2.18. The molecule has 6 heteroatoms. The molecule has 1 aliphatic heterocycles. The lowest BCUT2D eigenvalue weighted by molar-refractivity contribution is -0.116. The smallest absolute Gasteiger partial charge is 0.224 e. The van der Waals surface area contributed by atoms with Gasteiger partial charge in [-0.05, 0) is 49.4 Å². The molecule has 1 aliphatic carbocycles. The van der Waals surface area contributed by atoms with Gasteiger partial charge in [-0.1, -0.05) is 25.7 Å². The van der Waals surface area contributed by atoms with Gasteiger partial charge >= 0.3 is 0 Å². The lowest BCUT2D eigenvalue weighted by Gasteiger charge is -2.17. The Morgan fingerprint density at radius 3 is 2.50 bits per heavy atom. The van der Waals surface area contributed by atoms with E-state index in [9.17, 15) is 4.79 Å². The van der Waals surface area contributed by atoms with Gasteiger partial charge in [0.1, 0.15) is 0 Å². The summed E-state index contributed by atoms with van der Waals surface area (Å²) in [5.41, 5.74) is 2.87. The van der Waals surface area contributed by atoms with Crippen molar-refractivity contribution in [2.24, 2.45) is 5.92 Å². The van der Waals surface area contributed by atoms with E-state index in [1.54, 1.807) is 0 Å². The minimum Gasteiger partial charge on any atom is -0.370 e. The highest BCUT2D eigenvalue weighted by Gasteiger charge is 2.16. The molecule has 1 saturated carbocycles. The molecule has 1 aromatic carbocycles. The quantitative estimate of drug-likeness (QED) is 0.728. The Hall–Kier alpha value is -2.63. The summed E-state index contributed by atoms with van der Waals surface area (Å²) in [5.74, 6) is 1.59. The van der Waals surface area contributed by atoms with Gasteiger partial charge in [0.25, 0.3) is 0 Å². The average Bonchev–Trinajstić information content (AvgIpc) is 3.42. The van der Waals surface area contributed by atoms with E-state index in [2.05, 4.69) is 25.7 Å². The number of rotatable bonds is 7. The van der Waals surface area contributed by atoms with Gasteiger partial charge in [0.15, 0.2) is 5.82 Å². The first-order chi connectivity index (χ1) is 13.8. The fourth-order valence-corrected chi connectivity index (χ4v) is 4.21. The number of hydrogen-bond donors (Lipinski definition) is 2. The Bertz CT molecular complexity index is 780.